The first-order valence-corrected chi connectivity index (χ1v) is 12.0. The van der Waals surface area contributed by atoms with Crippen LogP contribution in [-0.2, 0) is 11.3 Å². The molecule has 170 valence electrons. The molecule has 0 atom stereocenters. The first-order valence-electron chi connectivity index (χ1n) is 12.0. The third-order valence-electron chi connectivity index (χ3n) is 7.89. The third kappa shape index (κ3) is 4.80. The minimum absolute atomic E-state index is 0.0203. The second-order valence-electron chi connectivity index (χ2n) is 11.2. The van der Waals surface area contributed by atoms with E-state index < -0.39 is 5.54 Å². The van der Waals surface area contributed by atoms with Crippen LogP contribution in [-0.4, -0.2) is 55.2 Å². The molecule has 4 rings (SSSR count). The zero-order chi connectivity index (χ0) is 22.2. The molecule has 2 heterocycles. The lowest BCUT2D eigenvalue weighted by Crippen LogP contribution is -3.28. The van der Waals surface area contributed by atoms with Gasteiger partial charge in [-0.25, -0.2) is 9.69 Å². The molecule has 31 heavy (non-hydrogen) atoms. The molecular weight excluding hydrogens is 388 g/mol. The van der Waals surface area contributed by atoms with Crippen LogP contribution >= 0.6 is 0 Å². The van der Waals surface area contributed by atoms with Crippen LogP contribution < -0.4 is 15.1 Å². The largest absolute Gasteiger partial charge is 0.329 e. The molecule has 1 aliphatic carbocycles. The Morgan fingerprint density at radius 2 is 1.71 bits per heavy atom. The Kier molecular flexibility index (Phi) is 6.14. The normalized spacial score (nSPS) is 31.9. The standard InChI is InChI=1S/C25H38N4O2/c1-19-6-5-7-20(16-19)17-27-12-14-28(15-13-27)18-29-22(30)25(26-23(29)31)10-8-21(9-11-25)24(2,3)4/h5-7,16,21H,8-15,17-18H2,1-4H3,(H,26,31)/p+2. The lowest BCUT2D eigenvalue weighted by atomic mass is 9.67. The van der Waals surface area contributed by atoms with Gasteiger partial charge in [-0.05, 0) is 43.9 Å². The highest BCUT2D eigenvalue weighted by atomic mass is 16.2. The Morgan fingerprint density at radius 3 is 2.32 bits per heavy atom. The molecule has 6 heteroatoms. The molecule has 2 saturated heterocycles. The van der Waals surface area contributed by atoms with Crippen LogP contribution in [0.15, 0.2) is 24.3 Å². The zero-order valence-electron chi connectivity index (χ0n) is 19.7. The topological polar surface area (TPSA) is 58.3 Å². The van der Waals surface area contributed by atoms with Crippen LogP contribution in [0.25, 0.3) is 0 Å². The molecule has 3 aliphatic rings. The van der Waals surface area contributed by atoms with Crippen LogP contribution in [0.3, 0.4) is 0 Å². The maximum Gasteiger partial charge on any atom is 0.329 e. The van der Waals surface area contributed by atoms with Crippen LogP contribution in [0.5, 0.6) is 0 Å². The molecule has 0 radical (unpaired) electrons. The Bertz CT molecular complexity index is 815. The predicted molar refractivity (Wildman–Crippen MR) is 121 cm³/mol. The smallest absolute Gasteiger partial charge is 0.323 e. The van der Waals surface area contributed by atoms with Crippen LogP contribution in [0.4, 0.5) is 4.79 Å². The van der Waals surface area contributed by atoms with Crippen molar-refractivity contribution in [3.63, 3.8) is 0 Å². The third-order valence-corrected chi connectivity index (χ3v) is 7.89. The molecule has 0 bridgehead atoms. The van der Waals surface area contributed by atoms with E-state index in [2.05, 4.69) is 57.3 Å². The van der Waals surface area contributed by atoms with Crippen molar-refractivity contribution in [1.82, 2.24) is 10.2 Å². The molecule has 1 saturated carbocycles. The average Bonchev–Trinajstić information content (AvgIpc) is 2.93. The summed E-state index contributed by atoms with van der Waals surface area (Å²) in [5.41, 5.74) is 2.32. The highest BCUT2D eigenvalue weighted by Crippen LogP contribution is 2.43. The van der Waals surface area contributed by atoms with E-state index >= 15 is 0 Å². The molecule has 6 nitrogen and oxygen atoms in total. The number of quaternary nitrogens is 2. The molecule has 1 spiro atoms. The summed E-state index contributed by atoms with van der Waals surface area (Å²) in [7, 11) is 0. The molecule has 3 N–H and O–H groups in total. The second kappa shape index (κ2) is 8.55. The minimum Gasteiger partial charge on any atom is -0.323 e. The molecule has 0 unspecified atom stereocenters. The van der Waals surface area contributed by atoms with Crippen molar-refractivity contribution in [1.29, 1.82) is 0 Å². The van der Waals surface area contributed by atoms with Crippen LogP contribution in [0, 0.1) is 18.3 Å². The summed E-state index contributed by atoms with van der Waals surface area (Å²) in [5, 5.41) is 3.10. The summed E-state index contributed by atoms with van der Waals surface area (Å²) in [5.74, 6) is 0.638. The molecule has 1 aromatic rings. The molecule has 2 aliphatic heterocycles. The van der Waals surface area contributed by atoms with Crippen molar-refractivity contribution >= 4 is 11.9 Å². The second-order valence-corrected chi connectivity index (χ2v) is 11.2. The number of nitrogens with one attached hydrogen (secondary N) is 3. The van der Waals surface area contributed by atoms with Gasteiger partial charge in [0.1, 0.15) is 38.3 Å². The number of carbonyl (C=O) groups excluding carboxylic acids is 2. The van der Waals surface area contributed by atoms with E-state index in [9.17, 15) is 9.59 Å². The summed E-state index contributed by atoms with van der Waals surface area (Å²) < 4.78 is 0. The van der Waals surface area contributed by atoms with E-state index in [1.807, 2.05) is 0 Å². The molecular formula is C25H40N4O2+2. The number of benzene rings is 1. The number of rotatable bonds is 4. The summed E-state index contributed by atoms with van der Waals surface area (Å²) in [6, 6.07) is 8.57. The Balaban J connectivity index is 1.29. The van der Waals surface area contributed by atoms with Crippen molar-refractivity contribution in [2.45, 2.75) is 65.5 Å². The van der Waals surface area contributed by atoms with E-state index in [0.717, 1.165) is 58.4 Å². The lowest BCUT2D eigenvalue weighted by Gasteiger charge is -2.40. The number of piperazine rings is 1. The number of hydrogen-bond donors (Lipinski definition) is 3. The number of urea groups is 1. The van der Waals surface area contributed by atoms with Crippen LogP contribution in [0.2, 0.25) is 0 Å². The Morgan fingerprint density at radius 1 is 1.06 bits per heavy atom. The number of hydrogen-bond acceptors (Lipinski definition) is 2. The first kappa shape index (κ1) is 22.3. The summed E-state index contributed by atoms with van der Waals surface area (Å²) >= 11 is 0. The molecule has 3 amide bonds. The number of aryl methyl sites for hydroxylation is 1. The Labute approximate surface area is 187 Å². The maximum absolute atomic E-state index is 13.3. The van der Waals surface area contributed by atoms with Crippen molar-refractivity contribution < 1.29 is 19.4 Å². The number of amides is 3. The van der Waals surface area contributed by atoms with E-state index in [0.29, 0.717) is 12.6 Å². The number of carbonyl (C=O) groups is 2. The van der Waals surface area contributed by atoms with Crippen LogP contribution in [0.1, 0.15) is 57.6 Å². The molecule has 1 aromatic carbocycles. The first-order chi connectivity index (χ1) is 14.7. The van der Waals surface area contributed by atoms with Gasteiger partial charge in [-0.3, -0.25) is 4.79 Å². The van der Waals surface area contributed by atoms with E-state index in [1.54, 1.807) is 4.90 Å². The van der Waals surface area contributed by atoms with Gasteiger partial charge in [0.05, 0.1) is 0 Å². The van der Waals surface area contributed by atoms with Gasteiger partial charge in [0, 0.05) is 5.56 Å². The van der Waals surface area contributed by atoms with Gasteiger partial charge in [0.15, 0.2) is 6.67 Å². The van der Waals surface area contributed by atoms with E-state index in [1.165, 1.54) is 20.9 Å². The highest BCUT2D eigenvalue weighted by Gasteiger charge is 2.54. The van der Waals surface area contributed by atoms with Gasteiger partial charge in [-0.1, -0.05) is 50.6 Å². The monoisotopic (exact) mass is 428 g/mol. The number of imide groups is 1. The SMILES string of the molecule is Cc1cccc(C[NH+]2CC[NH+](CN3C(=O)NC4(CCC(C(C)(C)C)CC4)C3=O)CC2)c1. The van der Waals surface area contributed by atoms with Gasteiger partial charge in [0.2, 0.25) is 0 Å². The molecule has 0 aromatic heterocycles. The van der Waals surface area contributed by atoms with Gasteiger partial charge >= 0.3 is 6.03 Å². The van der Waals surface area contributed by atoms with E-state index in [-0.39, 0.29) is 17.4 Å². The lowest BCUT2D eigenvalue weighted by molar-refractivity contribution is -1.02. The Hall–Kier alpha value is -1.92. The van der Waals surface area contributed by atoms with Crippen molar-refractivity contribution in [2.75, 3.05) is 32.8 Å². The fraction of sp³-hybridized carbons (Fsp3) is 0.680. The van der Waals surface area contributed by atoms with Gasteiger partial charge in [0.25, 0.3) is 5.91 Å². The maximum atomic E-state index is 13.3. The summed E-state index contributed by atoms with van der Waals surface area (Å²) in [6.07, 6.45) is 3.58. The fourth-order valence-electron chi connectivity index (χ4n) is 5.76. The van der Waals surface area contributed by atoms with E-state index in [4.69, 9.17) is 0 Å². The van der Waals surface area contributed by atoms with Gasteiger partial charge < -0.3 is 15.1 Å². The van der Waals surface area contributed by atoms with Crippen molar-refractivity contribution in [2.24, 2.45) is 11.3 Å². The summed E-state index contributed by atoms with van der Waals surface area (Å²) in [6.45, 7) is 14.7. The highest BCUT2D eigenvalue weighted by molar-refractivity contribution is 6.06. The molecule has 3 fully saturated rings. The van der Waals surface area contributed by atoms with Crippen molar-refractivity contribution in [3.05, 3.63) is 35.4 Å². The fourth-order valence-corrected chi connectivity index (χ4v) is 5.76. The predicted octanol–water partition coefficient (Wildman–Crippen LogP) is 0.763. The van der Waals surface area contributed by atoms with Crippen molar-refractivity contribution in [3.8, 4) is 0 Å². The number of nitrogens with zero attached hydrogens (tertiary/aromatic N) is 1. The quantitative estimate of drug-likeness (QED) is 0.621. The minimum atomic E-state index is -0.642. The summed E-state index contributed by atoms with van der Waals surface area (Å²) in [4.78, 5) is 30.5. The zero-order valence-corrected chi connectivity index (χ0v) is 19.7. The average molecular weight is 429 g/mol. The van der Waals surface area contributed by atoms with Gasteiger partial charge in [-0.2, -0.15) is 0 Å². The van der Waals surface area contributed by atoms with Gasteiger partial charge in [-0.15, -0.1) is 0 Å².